The summed E-state index contributed by atoms with van der Waals surface area (Å²) in [5.74, 6) is 0.0859. The van der Waals surface area contributed by atoms with Crippen LogP contribution in [0, 0.1) is 0 Å². The Morgan fingerprint density at radius 2 is 2.15 bits per heavy atom. The maximum atomic E-state index is 10.9. The molecule has 1 heterocycles. The smallest absolute Gasteiger partial charge is 0.217 e. The molecule has 0 saturated carbocycles. The number of carbonyl (C=O) groups is 1. The van der Waals surface area contributed by atoms with Gasteiger partial charge in [-0.1, -0.05) is 0 Å². The molecule has 3 nitrogen and oxygen atoms in total. The van der Waals surface area contributed by atoms with E-state index < -0.39 is 0 Å². The van der Waals surface area contributed by atoms with Gasteiger partial charge in [0.05, 0.1) is 0 Å². The first kappa shape index (κ1) is 10.5. The van der Waals surface area contributed by atoms with Crippen molar-refractivity contribution >= 4 is 5.91 Å². The molecule has 0 aromatic carbocycles. The standard InChI is InChI=1S/C10H20N2O/c1-7(2)12-6-10(5-8(12)3)11-9(4)13/h7-8,10H,5-6H2,1-4H3,(H,11,13). The normalized spacial score (nSPS) is 29.6. The number of nitrogens with zero attached hydrogens (tertiary/aromatic N) is 1. The van der Waals surface area contributed by atoms with E-state index in [-0.39, 0.29) is 5.91 Å². The number of nitrogens with one attached hydrogen (secondary N) is 1. The third-order valence-electron chi connectivity index (χ3n) is 2.69. The fourth-order valence-corrected chi connectivity index (χ4v) is 2.17. The van der Waals surface area contributed by atoms with Crippen molar-refractivity contribution in [1.29, 1.82) is 0 Å². The van der Waals surface area contributed by atoms with Crippen LogP contribution < -0.4 is 5.32 Å². The third-order valence-corrected chi connectivity index (χ3v) is 2.69. The predicted molar refractivity (Wildman–Crippen MR) is 53.5 cm³/mol. The second-order valence-corrected chi connectivity index (χ2v) is 4.27. The number of rotatable bonds is 2. The summed E-state index contributed by atoms with van der Waals surface area (Å²) in [6.07, 6.45) is 1.08. The highest BCUT2D eigenvalue weighted by molar-refractivity contribution is 5.73. The van der Waals surface area contributed by atoms with Gasteiger partial charge in [0.1, 0.15) is 0 Å². The lowest BCUT2D eigenvalue weighted by atomic mass is 10.2. The molecule has 0 aliphatic carbocycles. The molecule has 1 aliphatic heterocycles. The van der Waals surface area contributed by atoms with Gasteiger partial charge in [-0.25, -0.2) is 0 Å². The Bertz CT molecular complexity index is 191. The van der Waals surface area contributed by atoms with E-state index >= 15 is 0 Å². The van der Waals surface area contributed by atoms with Crippen LogP contribution in [-0.4, -0.2) is 35.5 Å². The molecule has 1 fully saturated rings. The summed E-state index contributed by atoms with van der Waals surface area (Å²) in [6, 6.07) is 1.53. The van der Waals surface area contributed by atoms with Crippen molar-refractivity contribution in [3.8, 4) is 0 Å². The van der Waals surface area contributed by atoms with Crippen LogP contribution in [-0.2, 0) is 4.79 Å². The predicted octanol–water partition coefficient (Wildman–Crippen LogP) is 0.994. The zero-order chi connectivity index (χ0) is 10.0. The molecule has 1 amide bonds. The van der Waals surface area contributed by atoms with Crippen molar-refractivity contribution < 1.29 is 4.79 Å². The zero-order valence-corrected chi connectivity index (χ0v) is 9.00. The van der Waals surface area contributed by atoms with Gasteiger partial charge in [-0.05, 0) is 27.2 Å². The second-order valence-electron chi connectivity index (χ2n) is 4.27. The number of likely N-dealkylation sites (tertiary alicyclic amines) is 1. The van der Waals surface area contributed by atoms with Gasteiger partial charge in [0.25, 0.3) is 0 Å². The van der Waals surface area contributed by atoms with Crippen LogP contribution in [0.4, 0.5) is 0 Å². The molecule has 1 rings (SSSR count). The molecule has 1 saturated heterocycles. The SMILES string of the molecule is CC(=O)NC1CC(C)N(C(C)C)C1. The minimum absolute atomic E-state index is 0.0859. The van der Waals surface area contributed by atoms with Crippen LogP contribution in [0.1, 0.15) is 34.1 Å². The largest absolute Gasteiger partial charge is 0.352 e. The number of hydrogen-bond donors (Lipinski definition) is 1. The first-order valence-electron chi connectivity index (χ1n) is 5.03. The minimum Gasteiger partial charge on any atom is -0.352 e. The van der Waals surface area contributed by atoms with Gasteiger partial charge >= 0.3 is 0 Å². The summed E-state index contributed by atoms with van der Waals surface area (Å²) in [6.45, 7) is 9.21. The summed E-state index contributed by atoms with van der Waals surface area (Å²) in [7, 11) is 0. The Balaban J connectivity index is 2.45. The van der Waals surface area contributed by atoms with E-state index in [9.17, 15) is 4.79 Å². The van der Waals surface area contributed by atoms with E-state index in [1.165, 1.54) is 0 Å². The lowest BCUT2D eigenvalue weighted by Crippen LogP contribution is -2.38. The highest BCUT2D eigenvalue weighted by Gasteiger charge is 2.30. The fraction of sp³-hybridized carbons (Fsp3) is 0.900. The number of amides is 1. The Morgan fingerprint density at radius 1 is 1.54 bits per heavy atom. The van der Waals surface area contributed by atoms with Crippen molar-refractivity contribution in [2.75, 3.05) is 6.54 Å². The Morgan fingerprint density at radius 3 is 2.54 bits per heavy atom. The van der Waals surface area contributed by atoms with E-state index in [1.54, 1.807) is 6.92 Å². The van der Waals surface area contributed by atoms with E-state index in [0.29, 0.717) is 18.1 Å². The van der Waals surface area contributed by atoms with Crippen molar-refractivity contribution in [2.45, 2.75) is 52.2 Å². The molecule has 2 unspecified atom stereocenters. The second kappa shape index (κ2) is 4.09. The maximum Gasteiger partial charge on any atom is 0.217 e. The quantitative estimate of drug-likeness (QED) is 0.694. The molecule has 2 atom stereocenters. The first-order valence-corrected chi connectivity index (χ1v) is 5.03. The van der Waals surface area contributed by atoms with E-state index in [1.807, 2.05) is 0 Å². The number of hydrogen-bond acceptors (Lipinski definition) is 2. The topological polar surface area (TPSA) is 32.3 Å². The lowest BCUT2D eigenvalue weighted by Gasteiger charge is -2.25. The van der Waals surface area contributed by atoms with Gasteiger partial charge in [0, 0.05) is 31.6 Å². The average molecular weight is 184 g/mol. The first-order chi connectivity index (χ1) is 6.00. The monoisotopic (exact) mass is 184 g/mol. The molecule has 0 bridgehead atoms. The van der Waals surface area contributed by atoms with Gasteiger partial charge in [0.2, 0.25) is 5.91 Å². The van der Waals surface area contributed by atoms with Crippen LogP contribution in [0.3, 0.4) is 0 Å². The van der Waals surface area contributed by atoms with Crippen molar-refractivity contribution in [1.82, 2.24) is 10.2 Å². The fourth-order valence-electron chi connectivity index (χ4n) is 2.17. The summed E-state index contributed by atoms with van der Waals surface area (Å²) in [5.41, 5.74) is 0. The van der Waals surface area contributed by atoms with E-state index in [4.69, 9.17) is 0 Å². The van der Waals surface area contributed by atoms with Crippen LogP contribution >= 0.6 is 0 Å². The van der Waals surface area contributed by atoms with Crippen LogP contribution in [0.25, 0.3) is 0 Å². The minimum atomic E-state index is 0.0859. The Labute approximate surface area is 80.5 Å². The summed E-state index contributed by atoms with van der Waals surface area (Å²) >= 11 is 0. The molecular formula is C10H20N2O. The summed E-state index contributed by atoms with van der Waals surface area (Å²) < 4.78 is 0. The summed E-state index contributed by atoms with van der Waals surface area (Å²) in [5, 5.41) is 2.98. The molecular weight excluding hydrogens is 164 g/mol. The van der Waals surface area contributed by atoms with Gasteiger partial charge in [-0.2, -0.15) is 0 Å². The van der Waals surface area contributed by atoms with E-state index in [2.05, 4.69) is 31.0 Å². The van der Waals surface area contributed by atoms with Crippen molar-refractivity contribution in [3.63, 3.8) is 0 Å². The van der Waals surface area contributed by atoms with E-state index in [0.717, 1.165) is 13.0 Å². The lowest BCUT2D eigenvalue weighted by molar-refractivity contribution is -0.119. The highest BCUT2D eigenvalue weighted by Crippen LogP contribution is 2.19. The molecule has 0 radical (unpaired) electrons. The molecule has 0 aromatic heterocycles. The van der Waals surface area contributed by atoms with Crippen LogP contribution in [0.2, 0.25) is 0 Å². The van der Waals surface area contributed by atoms with Crippen LogP contribution in [0.15, 0.2) is 0 Å². The molecule has 13 heavy (non-hydrogen) atoms. The van der Waals surface area contributed by atoms with Gasteiger partial charge < -0.3 is 5.32 Å². The van der Waals surface area contributed by atoms with Gasteiger partial charge in [0.15, 0.2) is 0 Å². The van der Waals surface area contributed by atoms with Crippen LogP contribution in [0.5, 0.6) is 0 Å². The molecule has 0 aromatic rings. The highest BCUT2D eigenvalue weighted by atomic mass is 16.1. The zero-order valence-electron chi connectivity index (χ0n) is 9.00. The average Bonchev–Trinajstić information content (AvgIpc) is 2.29. The maximum absolute atomic E-state index is 10.9. The third kappa shape index (κ3) is 2.69. The molecule has 76 valence electrons. The van der Waals surface area contributed by atoms with Crippen molar-refractivity contribution in [3.05, 3.63) is 0 Å². The molecule has 1 aliphatic rings. The summed E-state index contributed by atoms with van der Waals surface area (Å²) in [4.78, 5) is 13.3. The Hall–Kier alpha value is -0.570. The Kier molecular flexibility index (Phi) is 3.31. The molecule has 1 N–H and O–H groups in total. The van der Waals surface area contributed by atoms with Gasteiger partial charge in [-0.15, -0.1) is 0 Å². The molecule has 3 heteroatoms. The van der Waals surface area contributed by atoms with Crippen molar-refractivity contribution in [2.24, 2.45) is 0 Å². The van der Waals surface area contributed by atoms with Gasteiger partial charge in [-0.3, -0.25) is 9.69 Å². The molecule has 0 spiro atoms. The number of carbonyl (C=O) groups excluding carboxylic acids is 1.